The number of hydrogen-bond acceptors (Lipinski definition) is 4. The van der Waals surface area contributed by atoms with E-state index >= 15 is 0 Å². The summed E-state index contributed by atoms with van der Waals surface area (Å²) in [6.45, 7) is 1.29. The number of amides is 1. The molecule has 0 spiro atoms. The van der Waals surface area contributed by atoms with Gasteiger partial charge < -0.3 is 15.8 Å². The highest BCUT2D eigenvalue weighted by Gasteiger charge is 2.23. The predicted molar refractivity (Wildman–Crippen MR) is 75.2 cm³/mol. The van der Waals surface area contributed by atoms with Gasteiger partial charge >= 0.3 is 0 Å². The van der Waals surface area contributed by atoms with Crippen LogP contribution in [0.5, 0.6) is 5.75 Å². The van der Waals surface area contributed by atoms with Gasteiger partial charge in [-0.3, -0.25) is 9.59 Å². The number of halogens is 1. The maximum absolute atomic E-state index is 11.6. The normalized spacial score (nSPS) is 14.0. The van der Waals surface area contributed by atoms with Gasteiger partial charge in [-0.25, -0.2) is 0 Å². The van der Waals surface area contributed by atoms with E-state index in [1.807, 2.05) is 0 Å². The summed E-state index contributed by atoms with van der Waals surface area (Å²) in [5.41, 5.74) is 6.52. The summed E-state index contributed by atoms with van der Waals surface area (Å²) in [4.78, 5) is 23.1. The molecule has 0 atom stereocenters. The number of rotatable bonds is 5. The average molecular weight is 327 g/mol. The van der Waals surface area contributed by atoms with Crippen molar-refractivity contribution in [3.05, 3.63) is 22.2 Å². The van der Waals surface area contributed by atoms with Crippen LogP contribution in [0, 0.1) is 0 Å². The van der Waals surface area contributed by atoms with Gasteiger partial charge in [-0.2, -0.15) is 0 Å². The lowest BCUT2D eigenvalue weighted by atomic mass is 10.1. The third-order valence-corrected chi connectivity index (χ3v) is 3.21. The number of ether oxygens (including phenoxy) is 1. The van der Waals surface area contributed by atoms with E-state index in [1.54, 1.807) is 12.1 Å². The highest BCUT2D eigenvalue weighted by molar-refractivity contribution is 9.10. The molecule has 5 nitrogen and oxygen atoms in total. The van der Waals surface area contributed by atoms with E-state index in [0.29, 0.717) is 15.7 Å². The van der Waals surface area contributed by atoms with Crippen LogP contribution in [0.4, 0.5) is 5.69 Å². The smallest absolute Gasteiger partial charge is 0.258 e. The summed E-state index contributed by atoms with van der Waals surface area (Å²) in [6.07, 6.45) is 2.04. The summed E-state index contributed by atoms with van der Waals surface area (Å²) in [7, 11) is 0. The van der Waals surface area contributed by atoms with Crippen molar-refractivity contribution in [2.75, 3.05) is 12.3 Å². The highest BCUT2D eigenvalue weighted by Crippen LogP contribution is 2.31. The van der Waals surface area contributed by atoms with Crippen molar-refractivity contribution in [1.29, 1.82) is 0 Å². The maximum atomic E-state index is 11.6. The molecule has 0 aromatic heterocycles. The van der Waals surface area contributed by atoms with Gasteiger partial charge in [-0.15, -0.1) is 0 Å². The van der Waals surface area contributed by atoms with Gasteiger partial charge in [-0.1, -0.05) is 15.9 Å². The fourth-order valence-electron chi connectivity index (χ4n) is 1.67. The molecule has 1 saturated carbocycles. The fourth-order valence-corrected chi connectivity index (χ4v) is 2.15. The monoisotopic (exact) mass is 326 g/mol. The molecule has 1 fully saturated rings. The first-order chi connectivity index (χ1) is 8.97. The minimum atomic E-state index is -0.195. The molecule has 0 unspecified atom stereocenters. The van der Waals surface area contributed by atoms with Crippen molar-refractivity contribution in [3.63, 3.8) is 0 Å². The van der Waals surface area contributed by atoms with Crippen LogP contribution in [0.3, 0.4) is 0 Å². The number of carbonyl (C=O) groups excluding carboxylic acids is 2. The molecule has 0 saturated heterocycles. The summed E-state index contributed by atoms with van der Waals surface area (Å²) >= 11 is 3.27. The van der Waals surface area contributed by atoms with Gasteiger partial charge in [0.05, 0.1) is 11.3 Å². The molecule has 0 aliphatic heterocycles. The number of benzene rings is 1. The summed E-state index contributed by atoms with van der Waals surface area (Å²) in [5.74, 6) is -0.0911. The molecule has 1 aliphatic carbocycles. The van der Waals surface area contributed by atoms with Crippen LogP contribution in [-0.4, -0.2) is 24.3 Å². The Labute approximate surface area is 119 Å². The molecule has 1 aliphatic rings. The zero-order valence-electron chi connectivity index (χ0n) is 10.5. The SMILES string of the molecule is CC(=O)c1cc(Br)cc(N)c1OCC(=O)NC1CC1. The second-order valence-corrected chi connectivity index (χ2v) is 5.47. The van der Waals surface area contributed by atoms with Crippen LogP contribution >= 0.6 is 15.9 Å². The van der Waals surface area contributed by atoms with E-state index in [1.165, 1.54) is 6.92 Å². The highest BCUT2D eigenvalue weighted by atomic mass is 79.9. The van der Waals surface area contributed by atoms with Gasteiger partial charge in [0.15, 0.2) is 18.1 Å². The standard InChI is InChI=1S/C13H15BrN2O3/c1-7(17)10-4-8(14)5-11(15)13(10)19-6-12(18)16-9-2-3-9/h4-5,9H,2-3,6,15H2,1H3,(H,16,18). The van der Waals surface area contributed by atoms with Crippen molar-refractivity contribution in [2.45, 2.75) is 25.8 Å². The number of Topliss-reactive ketones (excluding diaryl/α,β-unsaturated/α-hetero) is 1. The Kier molecular flexibility index (Phi) is 4.09. The molecular weight excluding hydrogens is 312 g/mol. The summed E-state index contributed by atoms with van der Waals surface area (Å²) in [6, 6.07) is 3.55. The lowest BCUT2D eigenvalue weighted by Crippen LogP contribution is -2.30. The van der Waals surface area contributed by atoms with E-state index in [2.05, 4.69) is 21.2 Å². The number of carbonyl (C=O) groups is 2. The van der Waals surface area contributed by atoms with Crippen LogP contribution in [0.25, 0.3) is 0 Å². The minimum Gasteiger partial charge on any atom is -0.481 e. The zero-order valence-corrected chi connectivity index (χ0v) is 12.1. The van der Waals surface area contributed by atoms with Crippen molar-refractivity contribution in [2.24, 2.45) is 0 Å². The Balaban J connectivity index is 2.09. The van der Waals surface area contributed by atoms with Crippen molar-refractivity contribution >= 4 is 33.3 Å². The van der Waals surface area contributed by atoms with Crippen LogP contribution in [0.2, 0.25) is 0 Å². The molecule has 19 heavy (non-hydrogen) atoms. The quantitative estimate of drug-likeness (QED) is 0.639. The number of ketones is 1. The van der Waals surface area contributed by atoms with Gasteiger partial charge in [0.2, 0.25) is 0 Å². The number of nitrogen functional groups attached to an aromatic ring is 1. The molecule has 1 amide bonds. The van der Waals surface area contributed by atoms with Crippen LogP contribution in [-0.2, 0) is 4.79 Å². The summed E-state index contributed by atoms with van der Waals surface area (Å²) in [5, 5.41) is 2.80. The molecule has 0 bridgehead atoms. The molecule has 102 valence electrons. The van der Waals surface area contributed by atoms with E-state index in [0.717, 1.165) is 12.8 Å². The molecule has 0 heterocycles. The molecular formula is C13H15BrN2O3. The first kappa shape index (κ1) is 13.9. The number of anilines is 1. The Morgan fingerprint density at radius 3 is 2.74 bits per heavy atom. The van der Waals surface area contributed by atoms with Crippen molar-refractivity contribution in [1.82, 2.24) is 5.32 Å². The van der Waals surface area contributed by atoms with E-state index < -0.39 is 0 Å². The second-order valence-electron chi connectivity index (χ2n) is 4.56. The lowest BCUT2D eigenvalue weighted by Gasteiger charge is -2.13. The number of nitrogens with two attached hydrogens (primary N) is 1. The Hall–Kier alpha value is -1.56. The van der Waals surface area contributed by atoms with E-state index in [4.69, 9.17) is 10.5 Å². The first-order valence-corrected chi connectivity index (χ1v) is 6.79. The molecule has 6 heteroatoms. The average Bonchev–Trinajstić information content (AvgIpc) is 3.10. The lowest BCUT2D eigenvalue weighted by molar-refractivity contribution is -0.123. The Morgan fingerprint density at radius 1 is 1.47 bits per heavy atom. The van der Waals surface area contributed by atoms with E-state index in [-0.39, 0.29) is 30.1 Å². The minimum absolute atomic E-state index is 0.136. The predicted octanol–water partition coefficient (Wildman–Crippen LogP) is 1.89. The summed E-state index contributed by atoms with van der Waals surface area (Å²) < 4.78 is 6.10. The molecule has 3 N–H and O–H groups in total. The Bertz CT molecular complexity index is 527. The third-order valence-electron chi connectivity index (χ3n) is 2.75. The van der Waals surface area contributed by atoms with Gasteiger partial charge in [0.25, 0.3) is 5.91 Å². The molecule has 1 aromatic carbocycles. The second kappa shape index (κ2) is 5.61. The topological polar surface area (TPSA) is 81.4 Å². The largest absolute Gasteiger partial charge is 0.481 e. The third kappa shape index (κ3) is 3.70. The molecule has 0 radical (unpaired) electrons. The van der Waals surface area contributed by atoms with E-state index in [9.17, 15) is 9.59 Å². The van der Waals surface area contributed by atoms with Crippen molar-refractivity contribution in [3.8, 4) is 5.75 Å². The molecule has 1 aromatic rings. The maximum Gasteiger partial charge on any atom is 0.258 e. The zero-order chi connectivity index (χ0) is 14.0. The van der Waals surface area contributed by atoms with Crippen LogP contribution in [0.1, 0.15) is 30.1 Å². The van der Waals surface area contributed by atoms with Gasteiger partial charge in [-0.05, 0) is 31.9 Å². The first-order valence-electron chi connectivity index (χ1n) is 5.99. The van der Waals surface area contributed by atoms with Gasteiger partial charge in [0.1, 0.15) is 0 Å². The van der Waals surface area contributed by atoms with Gasteiger partial charge in [0, 0.05) is 10.5 Å². The van der Waals surface area contributed by atoms with Crippen LogP contribution < -0.4 is 15.8 Å². The number of nitrogens with one attached hydrogen (secondary N) is 1. The Morgan fingerprint density at radius 2 is 2.16 bits per heavy atom. The fraction of sp³-hybridized carbons (Fsp3) is 0.385. The molecule has 2 rings (SSSR count). The number of hydrogen-bond donors (Lipinski definition) is 2. The van der Waals surface area contributed by atoms with Crippen molar-refractivity contribution < 1.29 is 14.3 Å². The van der Waals surface area contributed by atoms with Crippen LogP contribution in [0.15, 0.2) is 16.6 Å².